The Morgan fingerprint density at radius 2 is 2.06 bits per heavy atom. The number of aryl methyl sites for hydroxylation is 2. The number of aromatic nitrogens is 1. The van der Waals surface area contributed by atoms with Crippen molar-refractivity contribution in [3.05, 3.63) is 15.6 Å². The number of hydrogen-bond donors (Lipinski definition) is 0. The Balaban J connectivity index is 1.80. The number of nitrogens with zero attached hydrogens (tertiary/aromatic N) is 2. The van der Waals surface area contributed by atoms with Crippen LogP contribution in [-0.2, 0) is 16.1 Å². The smallest absolute Gasteiger partial charge is 0.236 e. The first-order chi connectivity index (χ1) is 8.52. The average molecular weight is 264 g/mol. The van der Waals surface area contributed by atoms with Crippen molar-refractivity contribution in [3.8, 4) is 0 Å². The molecule has 1 saturated carbocycles. The van der Waals surface area contributed by atoms with Crippen molar-refractivity contribution in [2.45, 2.75) is 46.1 Å². The number of amides is 2. The Morgan fingerprint density at radius 1 is 1.33 bits per heavy atom. The fraction of sp³-hybridized carbons (Fsp3) is 0.615. The molecule has 2 aliphatic rings. The molecule has 0 bridgehead atoms. The molecular formula is C13H16N2O2S. The van der Waals surface area contributed by atoms with Gasteiger partial charge in [0.2, 0.25) is 11.8 Å². The molecule has 2 heterocycles. The summed E-state index contributed by atoms with van der Waals surface area (Å²) in [5.74, 6) is 0.00876. The maximum atomic E-state index is 12.3. The molecular weight excluding hydrogens is 248 g/mol. The standard InChI is InChI=1S/C13H16N2O2S/c1-8-9(2)18-10(14-8)7-15-11(16)6-13(12(15)17)4-3-5-13/h3-7H2,1-2H3. The summed E-state index contributed by atoms with van der Waals surface area (Å²) in [7, 11) is 0. The molecule has 0 aromatic carbocycles. The monoisotopic (exact) mass is 264 g/mol. The number of likely N-dealkylation sites (tertiary alicyclic amines) is 1. The van der Waals surface area contributed by atoms with E-state index in [-0.39, 0.29) is 17.2 Å². The number of thiazole rings is 1. The SMILES string of the molecule is Cc1nc(CN2C(=O)CC3(CCC3)C2=O)sc1C. The first-order valence-electron chi connectivity index (χ1n) is 6.29. The van der Waals surface area contributed by atoms with Gasteiger partial charge in [0.25, 0.3) is 0 Å². The van der Waals surface area contributed by atoms with Gasteiger partial charge in [0, 0.05) is 11.3 Å². The largest absolute Gasteiger partial charge is 0.275 e. The quantitative estimate of drug-likeness (QED) is 0.769. The molecule has 2 amide bonds. The summed E-state index contributed by atoms with van der Waals surface area (Å²) in [4.78, 5) is 31.2. The predicted molar refractivity (Wildman–Crippen MR) is 68.0 cm³/mol. The Bertz CT molecular complexity index is 512. The molecule has 1 saturated heterocycles. The fourth-order valence-electron chi connectivity index (χ4n) is 2.76. The van der Waals surface area contributed by atoms with Crippen LogP contribution in [0.25, 0.3) is 0 Å². The lowest BCUT2D eigenvalue weighted by atomic mass is 9.68. The van der Waals surface area contributed by atoms with Crippen molar-refractivity contribution in [2.75, 3.05) is 0 Å². The molecule has 1 aromatic rings. The molecule has 5 heteroatoms. The highest BCUT2D eigenvalue weighted by Crippen LogP contribution is 2.49. The van der Waals surface area contributed by atoms with Crippen molar-refractivity contribution in [1.82, 2.24) is 9.88 Å². The van der Waals surface area contributed by atoms with Crippen molar-refractivity contribution in [3.63, 3.8) is 0 Å². The molecule has 0 atom stereocenters. The van der Waals surface area contributed by atoms with Crippen LogP contribution in [0.1, 0.15) is 41.3 Å². The zero-order chi connectivity index (χ0) is 12.9. The summed E-state index contributed by atoms with van der Waals surface area (Å²) < 4.78 is 0. The number of hydrogen-bond acceptors (Lipinski definition) is 4. The third kappa shape index (κ3) is 1.61. The molecule has 2 fully saturated rings. The van der Waals surface area contributed by atoms with E-state index in [1.54, 1.807) is 11.3 Å². The van der Waals surface area contributed by atoms with Gasteiger partial charge in [-0.25, -0.2) is 4.98 Å². The molecule has 0 unspecified atom stereocenters. The van der Waals surface area contributed by atoms with E-state index >= 15 is 0 Å². The van der Waals surface area contributed by atoms with Crippen molar-refractivity contribution >= 4 is 23.2 Å². The predicted octanol–water partition coefficient (Wildman–Crippen LogP) is 2.19. The molecule has 3 rings (SSSR count). The minimum absolute atomic E-state index is 0.0230. The van der Waals surface area contributed by atoms with Gasteiger partial charge in [-0.3, -0.25) is 14.5 Å². The van der Waals surface area contributed by atoms with E-state index in [0.717, 1.165) is 34.8 Å². The molecule has 1 aliphatic heterocycles. The highest BCUT2D eigenvalue weighted by Gasteiger charge is 2.54. The number of imide groups is 1. The number of carbonyl (C=O) groups is 2. The average Bonchev–Trinajstić information content (AvgIpc) is 2.70. The van der Waals surface area contributed by atoms with Crippen LogP contribution in [0.2, 0.25) is 0 Å². The highest BCUT2D eigenvalue weighted by atomic mass is 32.1. The van der Waals surface area contributed by atoms with E-state index in [0.29, 0.717) is 13.0 Å². The molecule has 1 spiro atoms. The van der Waals surface area contributed by atoms with Gasteiger partial charge in [-0.15, -0.1) is 11.3 Å². The van der Waals surface area contributed by atoms with E-state index in [1.807, 2.05) is 13.8 Å². The second kappa shape index (κ2) is 3.88. The Labute approximate surface area is 110 Å². The zero-order valence-corrected chi connectivity index (χ0v) is 11.5. The molecule has 1 aromatic heterocycles. The normalized spacial score (nSPS) is 21.8. The van der Waals surface area contributed by atoms with Crippen molar-refractivity contribution < 1.29 is 9.59 Å². The lowest BCUT2D eigenvalue weighted by Crippen LogP contribution is -2.39. The van der Waals surface area contributed by atoms with Gasteiger partial charge in [-0.2, -0.15) is 0 Å². The van der Waals surface area contributed by atoms with Crippen LogP contribution in [0.4, 0.5) is 0 Å². The van der Waals surface area contributed by atoms with Crippen LogP contribution in [0, 0.1) is 19.3 Å². The van der Waals surface area contributed by atoms with Gasteiger partial charge in [-0.05, 0) is 26.7 Å². The molecule has 18 heavy (non-hydrogen) atoms. The second-order valence-electron chi connectivity index (χ2n) is 5.34. The topological polar surface area (TPSA) is 50.3 Å². The first-order valence-corrected chi connectivity index (χ1v) is 7.11. The highest BCUT2D eigenvalue weighted by molar-refractivity contribution is 7.11. The third-order valence-electron chi connectivity index (χ3n) is 4.17. The van der Waals surface area contributed by atoms with Crippen molar-refractivity contribution in [1.29, 1.82) is 0 Å². The summed E-state index contributed by atoms with van der Waals surface area (Å²) in [5, 5.41) is 0.864. The molecule has 1 aliphatic carbocycles. The summed E-state index contributed by atoms with van der Waals surface area (Å²) in [5.41, 5.74) is 0.658. The lowest BCUT2D eigenvalue weighted by Gasteiger charge is -2.34. The Hall–Kier alpha value is -1.23. The van der Waals surface area contributed by atoms with Crippen LogP contribution in [0.5, 0.6) is 0 Å². The summed E-state index contributed by atoms with van der Waals surface area (Å²) in [6.07, 6.45) is 3.24. The van der Waals surface area contributed by atoms with Gasteiger partial charge < -0.3 is 0 Å². The first kappa shape index (κ1) is 11.8. The molecule has 96 valence electrons. The fourth-order valence-corrected chi connectivity index (χ4v) is 3.68. The minimum Gasteiger partial charge on any atom is -0.275 e. The molecule has 0 radical (unpaired) electrons. The second-order valence-corrected chi connectivity index (χ2v) is 6.63. The Morgan fingerprint density at radius 3 is 2.50 bits per heavy atom. The Kier molecular flexibility index (Phi) is 2.55. The number of carbonyl (C=O) groups excluding carboxylic acids is 2. The summed E-state index contributed by atoms with van der Waals surface area (Å²) in [6, 6.07) is 0. The van der Waals surface area contributed by atoms with E-state index in [2.05, 4.69) is 4.98 Å². The van der Waals surface area contributed by atoms with Gasteiger partial charge in [0.05, 0.1) is 17.7 Å². The zero-order valence-electron chi connectivity index (χ0n) is 10.7. The third-order valence-corrected chi connectivity index (χ3v) is 5.22. The van der Waals surface area contributed by atoms with Crippen LogP contribution in [-0.4, -0.2) is 21.7 Å². The van der Waals surface area contributed by atoms with E-state index < -0.39 is 0 Å². The van der Waals surface area contributed by atoms with E-state index in [9.17, 15) is 9.59 Å². The van der Waals surface area contributed by atoms with Gasteiger partial charge in [-0.1, -0.05) is 6.42 Å². The maximum Gasteiger partial charge on any atom is 0.236 e. The number of rotatable bonds is 2. The van der Waals surface area contributed by atoms with Crippen LogP contribution < -0.4 is 0 Å². The summed E-state index contributed by atoms with van der Waals surface area (Å²) in [6.45, 7) is 4.33. The van der Waals surface area contributed by atoms with Crippen LogP contribution >= 0.6 is 11.3 Å². The van der Waals surface area contributed by atoms with Gasteiger partial charge in [0.1, 0.15) is 5.01 Å². The maximum absolute atomic E-state index is 12.3. The van der Waals surface area contributed by atoms with E-state index in [4.69, 9.17) is 0 Å². The molecule has 0 N–H and O–H groups in total. The minimum atomic E-state index is -0.335. The lowest BCUT2D eigenvalue weighted by molar-refractivity contribution is -0.144. The summed E-state index contributed by atoms with van der Waals surface area (Å²) >= 11 is 1.57. The molecule has 4 nitrogen and oxygen atoms in total. The van der Waals surface area contributed by atoms with Crippen LogP contribution in [0.15, 0.2) is 0 Å². The van der Waals surface area contributed by atoms with Crippen molar-refractivity contribution in [2.24, 2.45) is 5.41 Å². The van der Waals surface area contributed by atoms with Gasteiger partial charge in [0.15, 0.2) is 0 Å². The van der Waals surface area contributed by atoms with Crippen LogP contribution in [0.3, 0.4) is 0 Å². The van der Waals surface area contributed by atoms with E-state index in [1.165, 1.54) is 4.90 Å². The van der Waals surface area contributed by atoms with Gasteiger partial charge >= 0.3 is 0 Å².